The van der Waals surface area contributed by atoms with Crippen LogP contribution in [0.25, 0.3) is 0 Å². The Morgan fingerprint density at radius 3 is 2.82 bits per heavy atom. The van der Waals surface area contributed by atoms with Crippen LogP contribution < -0.4 is 15.5 Å². The molecule has 0 radical (unpaired) electrons. The van der Waals surface area contributed by atoms with Crippen LogP contribution in [-0.4, -0.2) is 19.4 Å². The third kappa shape index (κ3) is 2.93. The standard InChI is InChI=1S/C17H18ClN3O/c1-22-16-7-2-4-12(8-16)17-10-14(11-19)20-21(17)15-6-3-5-13(18)9-15/h2-9,17H,10-11,19H2,1H3. The van der Waals surface area contributed by atoms with E-state index in [1.807, 2.05) is 47.5 Å². The highest BCUT2D eigenvalue weighted by molar-refractivity contribution is 6.30. The second kappa shape index (κ2) is 6.38. The molecular weight excluding hydrogens is 298 g/mol. The van der Waals surface area contributed by atoms with Crippen molar-refractivity contribution >= 4 is 23.0 Å². The van der Waals surface area contributed by atoms with Gasteiger partial charge in [0.25, 0.3) is 0 Å². The maximum Gasteiger partial charge on any atom is 0.119 e. The number of hydrogen-bond donors (Lipinski definition) is 1. The van der Waals surface area contributed by atoms with E-state index < -0.39 is 0 Å². The van der Waals surface area contributed by atoms with Gasteiger partial charge in [-0.25, -0.2) is 0 Å². The first-order valence-electron chi connectivity index (χ1n) is 7.16. The Labute approximate surface area is 135 Å². The number of hydrazone groups is 1. The number of anilines is 1. The lowest BCUT2D eigenvalue weighted by molar-refractivity contribution is 0.414. The number of halogens is 1. The summed E-state index contributed by atoms with van der Waals surface area (Å²) in [5.74, 6) is 0.838. The molecule has 0 amide bonds. The largest absolute Gasteiger partial charge is 0.497 e. The normalized spacial score (nSPS) is 17.5. The summed E-state index contributed by atoms with van der Waals surface area (Å²) in [4.78, 5) is 0. The molecule has 1 aliphatic rings. The second-order valence-corrected chi connectivity index (χ2v) is 5.63. The lowest BCUT2D eigenvalue weighted by atomic mass is 10.0. The fraction of sp³-hybridized carbons (Fsp3) is 0.235. The minimum absolute atomic E-state index is 0.104. The monoisotopic (exact) mass is 315 g/mol. The average Bonchev–Trinajstić information content (AvgIpc) is 2.99. The van der Waals surface area contributed by atoms with E-state index in [0.717, 1.165) is 29.1 Å². The molecule has 114 valence electrons. The van der Waals surface area contributed by atoms with Crippen LogP contribution >= 0.6 is 11.6 Å². The zero-order chi connectivity index (χ0) is 15.5. The van der Waals surface area contributed by atoms with E-state index in [1.54, 1.807) is 7.11 Å². The van der Waals surface area contributed by atoms with Crippen molar-refractivity contribution in [1.82, 2.24) is 0 Å². The average molecular weight is 316 g/mol. The van der Waals surface area contributed by atoms with Gasteiger partial charge in [0.05, 0.1) is 24.6 Å². The van der Waals surface area contributed by atoms with Crippen molar-refractivity contribution < 1.29 is 4.74 Å². The molecule has 0 saturated heterocycles. The number of hydrogen-bond acceptors (Lipinski definition) is 4. The van der Waals surface area contributed by atoms with Crippen molar-refractivity contribution in [3.05, 3.63) is 59.1 Å². The van der Waals surface area contributed by atoms with Crippen molar-refractivity contribution in [2.75, 3.05) is 18.7 Å². The molecular formula is C17H18ClN3O. The fourth-order valence-electron chi connectivity index (χ4n) is 2.66. The highest BCUT2D eigenvalue weighted by Crippen LogP contribution is 2.36. The Kier molecular flexibility index (Phi) is 4.32. The van der Waals surface area contributed by atoms with E-state index >= 15 is 0 Å². The summed E-state index contributed by atoms with van der Waals surface area (Å²) < 4.78 is 5.33. The molecule has 1 atom stereocenters. The summed E-state index contributed by atoms with van der Waals surface area (Å²) in [6.07, 6.45) is 0.802. The van der Waals surface area contributed by atoms with Crippen LogP contribution in [0.3, 0.4) is 0 Å². The van der Waals surface area contributed by atoms with Crippen LogP contribution in [0.4, 0.5) is 5.69 Å². The van der Waals surface area contributed by atoms with E-state index in [9.17, 15) is 0 Å². The van der Waals surface area contributed by atoms with Crippen molar-refractivity contribution in [1.29, 1.82) is 0 Å². The summed E-state index contributed by atoms with van der Waals surface area (Å²) in [6.45, 7) is 0.456. The molecule has 2 aromatic rings. The molecule has 22 heavy (non-hydrogen) atoms. The van der Waals surface area contributed by atoms with E-state index in [1.165, 1.54) is 0 Å². The molecule has 0 aliphatic carbocycles. The van der Waals surface area contributed by atoms with Crippen molar-refractivity contribution in [2.45, 2.75) is 12.5 Å². The minimum atomic E-state index is 0.104. The van der Waals surface area contributed by atoms with Gasteiger partial charge < -0.3 is 10.5 Å². The quantitative estimate of drug-likeness (QED) is 0.937. The highest BCUT2D eigenvalue weighted by Gasteiger charge is 2.28. The zero-order valence-corrected chi connectivity index (χ0v) is 13.1. The molecule has 1 aliphatic heterocycles. The number of ether oxygens (including phenoxy) is 1. The van der Waals surface area contributed by atoms with Gasteiger partial charge in [0.15, 0.2) is 0 Å². The molecule has 2 N–H and O–H groups in total. The number of nitrogens with two attached hydrogens (primary N) is 1. The Morgan fingerprint density at radius 1 is 1.27 bits per heavy atom. The Bertz CT molecular complexity index is 702. The predicted molar refractivity (Wildman–Crippen MR) is 90.8 cm³/mol. The maximum absolute atomic E-state index is 6.12. The summed E-state index contributed by atoms with van der Waals surface area (Å²) >= 11 is 6.12. The van der Waals surface area contributed by atoms with Crippen molar-refractivity contribution in [3.63, 3.8) is 0 Å². The molecule has 4 nitrogen and oxygen atoms in total. The van der Waals surface area contributed by atoms with E-state index in [2.05, 4.69) is 11.2 Å². The molecule has 2 aromatic carbocycles. The smallest absolute Gasteiger partial charge is 0.119 e. The first-order chi connectivity index (χ1) is 10.7. The van der Waals surface area contributed by atoms with E-state index in [4.69, 9.17) is 22.1 Å². The maximum atomic E-state index is 6.12. The topological polar surface area (TPSA) is 50.9 Å². The lowest BCUT2D eigenvalue weighted by Crippen LogP contribution is -2.18. The van der Waals surface area contributed by atoms with Gasteiger partial charge >= 0.3 is 0 Å². The highest BCUT2D eigenvalue weighted by atomic mass is 35.5. The van der Waals surface area contributed by atoms with Gasteiger partial charge in [-0.2, -0.15) is 5.10 Å². The van der Waals surface area contributed by atoms with E-state index in [0.29, 0.717) is 11.6 Å². The first kappa shape index (κ1) is 14.9. The molecule has 0 fully saturated rings. The third-order valence-corrected chi connectivity index (χ3v) is 4.00. The summed E-state index contributed by atoms with van der Waals surface area (Å²) in [7, 11) is 1.67. The molecule has 1 unspecified atom stereocenters. The second-order valence-electron chi connectivity index (χ2n) is 5.19. The number of rotatable bonds is 4. The molecule has 3 rings (SSSR count). The van der Waals surface area contributed by atoms with Gasteiger partial charge in [-0.1, -0.05) is 29.8 Å². The van der Waals surface area contributed by atoms with Gasteiger partial charge in [-0.3, -0.25) is 5.01 Å². The number of benzene rings is 2. The fourth-order valence-corrected chi connectivity index (χ4v) is 2.85. The molecule has 0 aromatic heterocycles. The van der Waals surface area contributed by atoms with Gasteiger partial charge in [0.2, 0.25) is 0 Å². The Morgan fingerprint density at radius 2 is 2.09 bits per heavy atom. The molecule has 0 bridgehead atoms. The number of methoxy groups -OCH3 is 1. The Balaban J connectivity index is 1.98. The van der Waals surface area contributed by atoms with Gasteiger partial charge in [-0.05, 0) is 35.9 Å². The SMILES string of the molecule is COc1cccc(C2CC(CN)=NN2c2cccc(Cl)c2)c1. The van der Waals surface area contributed by atoms with Gasteiger partial charge in [-0.15, -0.1) is 0 Å². The van der Waals surface area contributed by atoms with Crippen molar-refractivity contribution in [3.8, 4) is 5.75 Å². The predicted octanol–water partition coefficient (Wildman–Crippen LogP) is 3.61. The third-order valence-electron chi connectivity index (χ3n) is 3.76. The van der Waals surface area contributed by atoms with Crippen LogP contribution in [0.2, 0.25) is 5.02 Å². The summed E-state index contributed by atoms with van der Waals surface area (Å²) in [5, 5.41) is 7.34. The first-order valence-corrected chi connectivity index (χ1v) is 7.54. The summed E-state index contributed by atoms with van der Waals surface area (Å²) in [5.41, 5.74) is 8.88. The van der Waals surface area contributed by atoms with Gasteiger partial charge in [0.1, 0.15) is 5.75 Å². The molecule has 5 heteroatoms. The molecule has 0 saturated carbocycles. The van der Waals surface area contributed by atoms with Crippen LogP contribution in [-0.2, 0) is 0 Å². The zero-order valence-electron chi connectivity index (χ0n) is 12.4. The van der Waals surface area contributed by atoms with Gasteiger partial charge in [0, 0.05) is 18.0 Å². The van der Waals surface area contributed by atoms with Crippen LogP contribution in [0.5, 0.6) is 5.75 Å². The van der Waals surface area contributed by atoms with Crippen LogP contribution in [0.1, 0.15) is 18.0 Å². The van der Waals surface area contributed by atoms with Crippen LogP contribution in [0, 0.1) is 0 Å². The lowest BCUT2D eigenvalue weighted by Gasteiger charge is -2.24. The summed E-state index contributed by atoms with van der Waals surface area (Å²) in [6, 6.07) is 15.9. The van der Waals surface area contributed by atoms with E-state index in [-0.39, 0.29) is 6.04 Å². The Hall–Kier alpha value is -2.04. The minimum Gasteiger partial charge on any atom is -0.497 e. The molecule has 0 spiro atoms. The van der Waals surface area contributed by atoms with Crippen LogP contribution in [0.15, 0.2) is 53.6 Å². The molecule has 1 heterocycles. The number of nitrogens with zero attached hydrogens (tertiary/aromatic N) is 2. The van der Waals surface area contributed by atoms with Crippen molar-refractivity contribution in [2.24, 2.45) is 10.8 Å².